The summed E-state index contributed by atoms with van der Waals surface area (Å²) < 4.78 is 5.44. The van der Waals surface area contributed by atoms with Gasteiger partial charge in [0.05, 0.1) is 6.10 Å². The van der Waals surface area contributed by atoms with E-state index < -0.39 is 0 Å². The maximum Gasteiger partial charge on any atom is 0.159 e. The molecule has 4 rings (SSSR count). The van der Waals surface area contributed by atoms with Gasteiger partial charge in [-0.05, 0) is 91.9 Å². The highest BCUT2D eigenvalue weighted by atomic mass is 16.5. The summed E-state index contributed by atoms with van der Waals surface area (Å²) in [6, 6.07) is 0. The minimum absolute atomic E-state index is 0.0861. The van der Waals surface area contributed by atoms with E-state index >= 15 is 0 Å². The van der Waals surface area contributed by atoms with Gasteiger partial charge >= 0.3 is 0 Å². The second-order valence-electron chi connectivity index (χ2n) is 12.1. The van der Waals surface area contributed by atoms with Gasteiger partial charge < -0.3 is 4.74 Å². The van der Waals surface area contributed by atoms with E-state index in [4.69, 9.17) is 4.74 Å². The van der Waals surface area contributed by atoms with Crippen LogP contribution in [-0.2, 0) is 14.3 Å². The number of rotatable bonds is 6. The number of hydrogen-bond acceptors (Lipinski definition) is 3. The second-order valence-corrected chi connectivity index (χ2v) is 12.1. The Bertz CT molecular complexity index is 837. The van der Waals surface area contributed by atoms with Crippen molar-refractivity contribution in [3.05, 3.63) is 23.3 Å². The Morgan fingerprint density at radius 1 is 1.16 bits per heavy atom. The Morgan fingerprint density at radius 3 is 2.56 bits per heavy atom. The van der Waals surface area contributed by atoms with Crippen LogP contribution < -0.4 is 0 Å². The van der Waals surface area contributed by atoms with Crippen LogP contribution >= 0.6 is 0 Å². The first-order chi connectivity index (χ1) is 15.0. The molecule has 0 heterocycles. The summed E-state index contributed by atoms with van der Waals surface area (Å²) in [6.07, 6.45) is 9.01. The third-order valence-corrected chi connectivity index (χ3v) is 10.6. The molecule has 32 heavy (non-hydrogen) atoms. The second kappa shape index (κ2) is 8.53. The zero-order valence-electron chi connectivity index (χ0n) is 21.3. The van der Waals surface area contributed by atoms with Crippen LogP contribution in [-0.4, -0.2) is 24.8 Å². The quantitative estimate of drug-likeness (QED) is 0.431. The zero-order valence-corrected chi connectivity index (χ0v) is 21.3. The Hall–Kier alpha value is -1.22. The van der Waals surface area contributed by atoms with E-state index in [0.717, 1.165) is 32.1 Å². The summed E-state index contributed by atoms with van der Waals surface area (Å²) in [5.41, 5.74) is 3.85. The monoisotopic (exact) mass is 440 g/mol. The number of allylic oxidation sites excluding steroid dienone is 2. The maximum atomic E-state index is 13.8. The SMILES string of the molecule is C=C(CC[C@@H](C)[C@H]1CC[C@@H]2C3=C(C(=O)C[C@@]21C)[C@@]1(C)CCC(=O)[C@@H](C)[C@@H]1CC3)[C@H](C)OC. The lowest BCUT2D eigenvalue weighted by molar-refractivity contribution is -0.133. The molecule has 0 N–H and O–H groups in total. The molecule has 0 aliphatic heterocycles. The third-order valence-electron chi connectivity index (χ3n) is 10.6. The molecule has 0 spiro atoms. The van der Waals surface area contributed by atoms with Crippen molar-refractivity contribution >= 4 is 11.6 Å². The fourth-order valence-corrected chi connectivity index (χ4v) is 8.54. The molecular weight excluding hydrogens is 396 g/mol. The molecule has 0 bridgehead atoms. The van der Waals surface area contributed by atoms with Crippen LogP contribution in [0.2, 0.25) is 0 Å². The summed E-state index contributed by atoms with van der Waals surface area (Å²) in [5.74, 6) is 2.99. The molecule has 178 valence electrons. The van der Waals surface area contributed by atoms with Gasteiger partial charge in [0, 0.05) is 31.4 Å². The van der Waals surface area contributed by atoms with Crippen LogP contribution in [0.5, 0.6) is 0 Å². The summed E-state index contributed by atoms with van der Waals surface area (Å²) in [4.78, 5) is 26.3. The highest BCUT2D eigenvalue weighted by Gasteiger charge is 2.59. The van der Waals surface area contributed by atoms with Crippen molar-refractivity contribution in [3.63, 3.8) is 0 Å². The molecule has 0 saturated heterocycles. The van der Waals surface area contributed by atoms with Crippen LogP contribution in [0.15, 0.2) is 23.3 Å². The van der Waals surface area contributed by atoms with Gasteiger partial charge in [0.25, 0.3) is 0 Å². The van der Waals surface area contributed by atoms with Crippen molar-refractivity contribution in [2.75, 3.05) is 7.11 Å². The van der Waals surface area contributed by atoms with E-state index in [1.165, 1.54) is 29.6 Å². The Kier molecular flexibility index (Phi) is 6.38. The number of ether oxygens (including phenoxy) is 1. The molecule has 0 amide bonds. The van der Waals surface area contributed by atoms with Crippen LogP contribution in [0.3, 0.4) is 0 Å². The number of ketones is 2. The van der Waals surface area contributed by atoms with E-state index in [9.17, 15) is 9.59 Å². The molecule has 4 aliphatic carbocycles. The fourth-order valence-electron chi connectivity index (χ4n) is 8.54. The molecule has 3 nitrogen and oxygen atoms in total. The Balaban J connectivity index is 1.58. The van der Waals surface area contributed by atoms with Gasteiger partial charge in [-0.3, -0.25) is 9.59 Å². The molecule has 3 heteroatoms. The van der Waals surface area contributed by atoms with Crippen LogP contribution in [0.1, 0.15) is 92.4 Å². The molecule has 0 aromatic heterocycles. The van der Waals surface area contributed by atoms with Crippen LogP contribution in [0.25, 0.3) is 0 Å². The van der Waals surface area contributed by atoms with Gasteiger partial charge in [0.2, 0.25) is 0 Å². The molecule has 2 fully saturated rings. The van der Waals surface area contributed by atoms with Crippen LogP contribution in [0, 0.1) is 40.4 Å². The van der Waals surface area contributed by atoms with Gasteiger partial charge in [-0.15, -0.1) is 0 Å². The molecule has 8 atom stereocenters. The van der Waals surface area contributed by atoms with E-state index in [0.29, 0.717) is 48.1 Å². The van der Waals surface area contributed by atoms with E-state index in [1.54, 1.807) is 7.11 Å². The van der Waals surface area contributed by atoms with E-state index in [-0.39, 0.29) is 22.9 Å². The fraction of sp³-hybridized carbons (Fsp3) is 0.793. The molecule has 0 aromatic carbocycles. The number of Topliss-reactive ketones (excluding diaryl/α,β-unsaturated/α-hetero) is 2. The standard InChI is InChI=1S/C29H44O3/c1-17(20(4)32-7)8-9-18(2)22-12-13-24-21-10-11-23-19(3)25(30)14-15-28(23,5)27(21)26(31)16-29(22,24)6/h18-20,22-24H,1,8-16H2,2-7H3/t18-,19+,20+,22-,23+,24-,28+,29-/m1/s1. The predicted octanol–water partition coefficient (Wildman–Crippen LogP) is 6.71. The molecule has 0 radical (unpaired) electrons. The van der Waals surface area contributed by atoms with Gasteiger partial charge in [0.1, 0.15) is 5.78 Å². The summed E-state index contributed by atoms with van der Waals surface area (Å²) in [6.45, 7) is 15.5. The molecule has 4 aliphatic rings. The lowest BCUT2D eigenvalue weighted by Crippen LogP contribution is -2.50. The number of methoxy groups -OCH3 is 1. The summed E-state index contributed by atoms with van der Waals surface area (Å²) in [7, 11) is 1.75. The van der Waals surface area contributed by atoms with E-state index in [2.05, 4.69) is 41.2 Å². The zero-order chi connectivity index (χ0) is 23.4. The first kappa shape index (κ1) is 23.9. The summed E-state index contributed by atoms with van der Waals surface area (Å²) in [5, 5.41) is 0. The number of carbonyl (C=O) groups is 2. The van der Waals surface area contributed by atoms with Gasteiger partial charge in [0.15, 0.2) is 5.78 Å². The maximum absolute atomic E-state index is 13.8. The first-order valence-electron chi connectivity index (χ1n) is 13.0. The lowest BCUT2D eigenvalue weighted by atomic mass is 9.48. The number of carbonyl (C=O) groups excluding carboxylic acids is 2. The topological polar surface area (TPSA) is 43.4 Å². The first-order valence-corrected chi connectivity index (χ1v) is 13.0. The van der Waals surface area contributed by atoms with Crippen molar-refractivity contribution in [2.45, 2.75) is 98.5 Å². The highest BCUT2D eigenvalue weighted by Crippen LogP contribution is 2.65. The van der Waals surface area contributed by atoms with Crippen LogP contribution in [0.4, 0.5) is 0 Å². The minimum atomic E-state index is -0.0863. The number of fused-ring (bicyclic) bond motifs is 4. The van der Waals surface area contributed by atoms with Crippen molar-refractivity contribution in [1.29, 1.82) is 0 Å². The highest BCUT2D eigenvalue weighted by molar-refractivity contribution is 6.00. The van der Waals surface area contributed by atoms with Crippen molar-refractivity contribution in [2.24, 2.45) is 40.4 Å². The van der Waals surface area contributed by atoms with Gasteiger partial charge in [-0.1, -0.05) is 39.8 Å². The minimum Gasteiger partial charge on any atom is -0.377 e. The normalized spacial score (nSPS) is 41.1. The van der Waals surface area contributed by atoms with Crippen molar-refractivity contribution in [1.82, 2.24) is 0 Å². The Morgan fingerprint density at radius 2 is 1.88 bits per heavy atom. The largest absolute Gasteiger partial charge is 0.377 e. The van der Waals surface area contributed by atoms with Gasteiger partial charge in [-0.2, -0.15) is 0 Å². The lowest BCUT2D eigenvalue weighted by Gasteiger charge is -2.54. The smallest absolute Gasteiger partial charge is 0.159 e. The third kappa shape index (κ3) is 3.58. The van der Waals surface area contributed by atoms with Crippen molar-refractivity contribution in [3.8, 4) is 0 Å². The molecule has 2 saturated carbocycles. The molecule has 0 unspecified atom stereocenters. The average Bonchev–Trinajstić information content (AvgIpc) is 3.10. The molecule has 0 aromatic rings. The van der Waals surface area contributed by atoms with Crippen molar-refractivity contribution < 1.29 is 14.3 Å². The number of hydrogen-bond donors (Lipinski definition) is 0. The van der Waals surface area contributed by atoms with Gasteiger partial charge in [-0.25, -0.2) is 0 Å². The molecular formula is C29H44O3. The van der Waals surface area contributed by atoms with E-state index in [1.807, 2.05) is 0 Å². The predicted molar refractivity (Wildman–Crippen MR) is 129 cm³/mol. The summed E-state index contributed by atoms with van der Waals surface area (Å²) >= 11 is 0. The average molecular weight is 441 g/mol. The Labute approximate surface area is 195 Å².